The summed E-state index contributed by atoms with van der Waals surface area (Å²) in [6, 6.07) is 5.62. The minimum absolute atomic E-state index is 0.219. The molecule has 4 heteroatoms. The Bertz CT molecular complexity index is 467. The van der Waals surface area contributed by atoms with Gasteiger partial charge in [-0.15, -0.1) is 0 Å². The molecule has 104 valence electrons. The molecule has 0 aliphatic heterocycles. The molecule has 4 nitrogen and oxygen atoms in total. The van der Waals surface area contributed by atoms with Gasteiger partial charge < -0.3 is 9.64 Å². The topological polar surface area (TPSA) is 41.9 Å². The van der Waals surface area contributed by atoms with Crippen LogP contribution in [0.1, 0.15) is 25.0 Å². The summed E-state index contributed by atoms with van der Waals surface area (Å²) in [6.07, 6.45) is 1.67. The molecule has 2 amide bonds. The maximum Gasteiger partial charge on any atom is 0.343 e. The first-order valence-electron chi connectivity index (χ1n) is 6.36. The largest absolute Gasteiger partial charge is 0.497 e. The van der Waals surface area contributed by atoms with Crippen molar-refractivity contribution in [2.45, 2.75) is 27.3 Å². The molecule has 0 aromatic heterocycles. The second kappa shape index (κ2) is 6.92. The molecule has 0 heterocycles. The van der Waals surface area contributed by atoms with E-state index < -0.39 is 0 Å². The van der Waals surface area contributed by atoms with E-state index in [0.29, 0.717) is 6.54 Å². The predicted molar refractivity (Wildman–Crippen MR) is 77.9 cm³/mol. The SMILES string of the molecule is COc1ccc(CN(C)C(=O)N=CC(C)C)c(C)c1. The first-order chi connectivity index (χ1) is 8.93. The lowest BCUT2D eigenvalue weighted by Crippen LogP contribution is -2.23. The van der Waals surface area contributed by atoms with Gasteiger partial charge in [0.15, 0.2) is 0 Å². The Balaban J connectivity index is 2.71. The van der Waals surface area contributed by atoms with E-state index in [2.05, 4.69) is 4.99 Å². The molecule has 19 heavy (non-hydrogen) atoms. The van der Waals surface area contributed by atoms with Gasteiger partial charge in [0, 0.05) is 19.8 Å². The molecular formula is C15H22N2O2. The lowest BCUT2D eigenvalue weighted by atomic mass is 10.1. The first-order valence-corrected chi connectivity index (χ1v) is 6.36. The van der Waals surface area contributed by atoms with E-state index in [-0.39, 0.29) is 11.9 Å². The van der Waals surface area contributed by atoms with Crippen molar-refractivity contribution in [2.24, 2.45) is 10.9 Å². The maximum absolute atomic E-state index is 11.8. The van der Waals surface area contributed by atoms with Crippen LogP contribution in [0.2, 0.25) is 0 Å². The molecule has 0 radical (unpaired) electrons. The van der Waals surface area contributed by atoms with Crippen LogP contribution < -0.4 is 4.74 Å². The molecule has 0 spiro atoms. The number of carbonyl (C=O) groups is 1. The lowest BCUT2D eigenvalue weighted by Gasteiger charge is -2.16. The van der Waals surface area contributed by atoms with Crippen molar-refractivity contribution >= 4 is 12.2 Å². The molecule has 0 atom stereocenters. The summed E-state index contributed by atoms with van der Waals surface area (Å²) in [4.78, 5) is 17.3. The van der Waals surface area contributed by atoms with Gasteiger partial charge in [0.05, 0.1) is 7.11 Å². The van der Waals surface area contributed by atoms with Gasteiger partial charge in [-0.05, 0) is 36.1 Å². The number of carbonyl (C=O) groups excluding carboxylic acids is 1. The standard InChI is InChI=1S/C15H22N2O2/c1-11(2)9-16-15(18)17(4)10-13-6-7-14(19-5)8-12(13)3/h6-9,11H,10H2,1-5H3. The predicted octanol–water partition coefficient (Wildman–Crippen LogP) is 3.28. The number of amides is 2. The molecule has 1 aromatic rings. The Kier molecular flexibility index (Phi) is 5.55. The summed E-state index contributed by atoms with van der Waals surface area (Å²) in [5.74, 6) is 1.10. The third-order valence-electron chi connectivity index (χ3n) is 2.77. The Morgan fingerprint density at radius 2 is 2.16 bits per heavy atom. The second-order valence-electron chi connectivity index (χ2n) is 4.95. The molecule has 1 aromatic carbocycles. The van der Waals surface area contributed by atoms with Crippen LogP contribution in [-0.4, -0.2) is 31.3 Å². The van der Waals surface area contributed by atoms with E-state index >= 15 is 0 Å². The van der Waals surface area contributed by atoms with E-state index in [1.54, 1.807) is 25.3 Å². The van der Waals surface area contributed by atoms with Gasteiger partial charge in [-0.25, -0.2) is 9.79 Å². The van der Waals surface area contributed by atoms with Crippen LogP contribution in [0.25, 0.3) is 0 Å². The summed E-state index contributed by atoms with van der Waals surface area (Å²) < 4.78 is 5.16. The summed E-state index contributed by atoms with van der Waals surface area (Å²) in [5, 5.41) is 0. The highest BCUT2D eigenvalue weighted by Crippen LogP contribution is 2.18. The zero-order valence-electron chi connectivity index (χ0n) is 12.3. The third-order valence-corrected chi connectivity index (χ3v) is 2.77. The van der Waals surface area contributed by atoms with Crippen molar-refractivity contribution in [3.63, 3.8) is 0 Å². The summed E-state index contributed by atoms with van der Waals surface area (Å²) in [7, 11) is 3.40. The number of urea groups is 1. The molecule has 0 fully saturated rings. The van der Waals surface area contributed by atoms with Crippen LogP contribution in [0.15, 0.2) is 23.2 Å². The van der Waals surface area contributed by atoms with Crippen LogP contribution in [0.3, 0.4) is 0 Å². The van der Waals surface area contributed by atoms with E-state index in [4.69, 9.17) is 4.74 Å². The Morgan fingerprint density at radius 3 is 2.68 bits per heavy atom. The van der Waals surface area contributed by atoms with E-state index in [1.807, 2.05) is 39.0 Å². The monoisotopic (exact) mass is 262 g/mol. The number of hydrogen-bond acceptors (Lipinski definition) is 2. The number of nitrogens with zero attached hydrogens (tertiary/aromatic N) is 2. The van der Waals surface area contributed by atoms with Gasteiger partial charge in [0.1, 0.15) is 5.75 Å². The van der Waals surface area contributed by atoms with Crippen molar-refractivity contribution in [2.75, 3.05) is 14.2 Å². The van der Waals surface area contributed by atoms with Gasteiger partial charge in [-0.3, -0.25) is 0 Å². The molecular weight excluding hydrogens is 240 g/mol. The molecule has 1 rings (SSSR count). The zero-order valence-corrected chi connectivity index (χ0v) is 12.3. The minimum atomic E-state index is -0.219. The Morgan fingerprint density at radius 1 is 1.47 bits per heavy atom. The second-order valence-corrected chi connectivity index (χ2v) is 4.95. The van der Waals surface area contributed by atoms with Crippen LogP contribution >= 0.6 is 0 Å². The fourth-order valence-corrected chi connectivity index (χ4v) is 1.61. The summed E-state index contributed by atoms with van der Waals surface area (Å²) >= 11 is 0. The van der Waals surface area contributed by atoms with Gasteiger partial charge in [-0.2, -0.15) is 0 Å². The summed E-state index contributed by atoms with van der Waals surface area (Å²) in [6.45, 7) is 6.53. The van der Waals surface area contributed by atoms with Crippen LogP contribution in [0, 0.1) is 12.8 Å². The lowest BCUT2D eigenvalue weighted by molar-refractivity contribution is 0.217. The summed E-state index contributed by atoms with van der Waals surface area (Å²) in [5.41, 5.74) is 2.20. The van der Waals surface area contributed by atoms with Crippen molar-refractivity contribution < 1.29 is 9.53 Å². The maximum atomic E-state index is 11.8. The fraction of sp³-hybridized carbons (Fsp3) is 0.467. The molecule has 0 unspecified atom stereocenters. The Hall–Kier alpha value is -1.84. The number of hydrogen-bond donors (Lipinski definition) is 0. The van der Waals surface area contributed by atoms with Crippen molar-refractivity contribution in [1.29, 1.82) is 0 Å². The molecule has 0 bridgehead atoms. The highest BCUT2D eigenvalue weighted by atomic mass is 16.5. The van der Waals surface area contributed by atoms with Gasteiger partial charge in [0.2, 0.25) is 0 Å². The van der Waals surface area contributed by atoms with Crippen molar-refractivity contribution in [1.82, 2.24) is 4.90 Å². The van der Waals surface area contributed by atoms with E-state index in [1.165, 1.54) is 0 Å². The van der Waals surface area contributed by atoms with E-state index in [0.717, 1.165) is 16.9 Å². The quantitative estimate of drug-likeness (QED) is 0.781. The van der Waals surface area contributed by atoms with Crippen LogP contribution in [-0.2, 0) is 6.54 Å². The molecule has 0 saturated heterocycles. The van der Waals surface area contributed by atoms with E-state index in [9.17, 15) is 4.79 Å². The van der Waals surface area contributed by atoms with Gasteiger partial charge >= 0.3 is 6.03 Å². The number of rotatable bonds is 4. The minimum Gasteiger partial charge on any atom is -0.497 e. The smallest absolute Gasteiger partial charge is 0.343 e. The fourth-order valence-electron chi connectivity index (χ4n) is 1.61. The number of methoxy groups -OCH3 is 1. The Labute approximate surface area is 115 Å². The molecule has 0 aliphatic rings. The zero-order chi connectivity index (χ0) is 14.4. The average molecular weight is 262 g/mol. The third kappa shape index (κ3) is 4.73. The number of aliphatic imine (C=N–C) groups is 1. The van der Waals surface area contributed by atoms with Crippen LogP contribution in [0.5, 0.6) is 5.75 Å². The van der Waals surface area contributed by atoms with Crippen LogP contribution in [0.4, 0.5) is 4.79 Å². The first kappa shape index (κ1) is 15.2. The van der Waals surface area contributed by atoms with Crippen molar-refractivity contribution in [3.05, 3.63) is 29.3 Å². The normalized spacial score (nSPS) is 11.1. The highest BCUT2D eigenvalue weighted by molar-refractivity contribution is 5.83. The van der Waals surface area contributed by atoms with Gasteiger partial charge in [-0.1, -0.05) is 19.9 Å². The number of ether oxygens (including phenoxy) is 1. The molecule has 0 N–H and O–H groups in total. The number of aryl methyl sites for hydroxylation is 1. The average Bonchev–Trinajstić information content (AvgIpc) is 2.37. The molecule has 0 aliphatic carbocycles. The van der Waals surface area contributed by atoms with Gasteiger partial charge in [0.25, 0.3) is 0 Å². The molecule has 0 saturated carbocycles. The number of benzene rings is 1. The highest BCUT2D eigenvalue weighted by Gasteiger charge is 2.09. The van der Waals surface area contributed by atoms with Crippen molar-refractivity contribution in [3.8, 4) is 5.75 Å².